The van der Waals surface area contributed by atoms with Gasteiger partial charge in [0.15, 0.2) is 0 Å². The number of aromatic nitrogens is 3. The van der Waals surface area contributed by atoms with Crippen LogP contribution in [-0.4, -0.2) is 20.1 Å². The van der Waals surface area contributed by atoms with Gasteiger partial charge in [0.05, 0.1) is 12.3 Å². The maximum absolute atomic E-state index is 9.26. The van der Waals surface area contributed by atoms with Crippen LogP contribution >= 0.6 is 0 Å². The number of aliphatic hydroxyl groups is 1. The molecule has 0 aliphatic rings. The number of pyridine rings is 1. The van der Waals surface area contributed by atoms with Crippen LogP contribution in [-0.2, 0) is 13.0 Å². The maximum Gasteiger partial charge on any atom is 0.132 e. The fourth-order valence-corrected chi connectivity index (χ4v) is 1.85. The topological polar surface area (TPSA) is 58.9 Å². The van der Waals surface area contributed by atoms with Crippen LogP contribution < -0.4 is 0 Å². The summed E-state index contributed by atoms with van der Waals surface area (Å²) in [5, 5.41) is 9.26. The second kappa shape index (κ2) is 5.69. The van der Waals surface area contributed by atoms with E-state index in [1.165, 1.54) is 0 Å². The Bertz CT molecular complexity index is 512. The Hall–Kier alpha value is -1.81. The monoisotopic (exact) mass is 243 g/mol. The molecule has 4 nitrogen and oxygen atoms in total. The zero-order valence-corrected chi connectivity index (χ0v) is 10.7. The van der Waals surface area contributed by atoms with Gasteiger partial charge in [-0.3, -0.25) is 4.98 Å². The van der Waals surface area contributed by atoms with E-state index in [4.69, 9.17) is 0 Å². The summed E-state index contributed by atoms with van der Waals surface area (Å²) >= 11 is 0. The van der Waals surface area contributed by atoms with Gasteiger partial charge in [0.25, 0.3) is 0 Å². The maximum atomic E-state index is 9.26. The molecule has 0 aliphatic heterocycles. The molecule has 0 amide bonds. The van der Waals surface area contributed by atoms with Crippen molar-refractivity contribution < 1.29 is 5.11 Å². The van der Waals surface area contributed by atoms with Crippen molar-refractivity contribution in [3.8, 4) is 0 Å². The van der Waals surface area contributed by atoms with E-state index in [0.717, 1.165) is 22.6 Å². The fraction of sp³-hybridized carbons (Fsp3) is 0.357. The Morgan fingerprint density at radius 2 is 1.94 bits per heavy atom. The van der Waals surface area contributed by atoms with Crippen molar-refractivity contribution in [1.29, 1.82) is 0 Å². The second-order valence-electron chi connectivity index (χ2n) is 4.54. The lowest BCUT2D eigenvalue weighted by Crippen LogP contribution is -2.06. The van der Waals surface area contributed by atoms with Crippen molar-refractivity contribution in [1.82, 2.24) is 15.0 Å². The number of aliphatic hydroxyl groups excluding tert-OH is 1. The Kier molecular flexibility index (Phi) is 3.99. The third-order valence-corrected chi connectivity index (χ3v) is 2.78. The molecule has 4 heteroatoms. The molecule has 18 heavy (non-hydrogen) atoms. The molecule has 2 heterocycles. The predicted molar refractivity (Wildman–Crippen MR) is 69.1 cm³/mol. The van der Waals surface area contributed by atoms with E-state index in [9.17, 15) is 5.11 Å². The van der Waals surface area contributed by atoms with Gasteiger partial charge >= 0.3 is 0 Å². The molecule has 2 aromatic heterocycles. The lowest BCUT2D eigenvalue weighted by molar-refractivity contribution is 0.278. The predicted octanol–water partition coefficient (Wildman–Crippen LogP) is 2.08. The van der Waals surface area contributed by atoms with Gasteiger partial charge in [-0.05, 0) is 23.6 Å². The minimum absolute atomic E-state index is 0.0109. The summed E-state index contributed by atoms with van der Waals surface area (Å²) in [6, 6.07) is 3.91. The second-order valence-corrected chi connectivity index (χ2v) is 4.54. The molecular formula is C14H17N3O. The highest BCUT2D eigenvalue weighted by molar-refractivity contribution is 5.22. The van der Waals surface area contributed by atoms with E-state index in [0.29, 0.717) is 6.42 Å². The zero-order chi connectivity index (χ0) is 13.0. The number of rotatable bonds is 4. The van der Waals surface area contributed by atoms with Gasteiger partial charge in [-0.1, -0.05) is 13.8 Å². The SMILES string of the molecule is CC(C)c1nc(Cc2ccncc2)ncc1CO. The Morgan fingerprint density at radius 3 is 2.56 bits per heavy atom. The third kappa shape index (κ3) is 2.90. The van der Waals surface area contributed by atoms with Gasteiger partial charge in [0.1, 0.15) is 5.82 Å². The molecule has 2 rings (SSSR count). The summed E-state index contributed by atoms with van der Waals surface area (Å²) in [6.07, 6.45) is 5.94. The van der Waals surface area contributed by atoms with Gasteiger partial charge in [-0.2, -0.15) is 0 Å². The summed E-state index contributed by atoms with van der Waals surface area (Å²) in [5.41, 5.74) is 2.87. The summed E-state index contributed by atoms with van der Waals surface area (Å²) < 4.78 is 0. The van der Waals surface area contributed by atoms with Gasteiger partial charge in [-0.25, -0.2) is 9.97 Å². The number of hydrogen-bond acceptors (Lipinski definition) is 4. The Balaban J connectivity index is 2.27. The van der Waals surface area contributed by atoms with Crippen LogP contribution in [0.1, 0.15) is 42.4 Å². The molecule has 0 fully saturated rings. The lowest BCUT2D eigenvalue weighted by atomic mass is 10.1. The van der Waals surface area contributed by atoms with Crippen molar-refractivity contribution in [2.24, 2.45) is 0 Å². The summed E-state index contributed by atoms with van der Waals surface area (Å²) in [5.74, 6) is 1.06. The highest BCUT2D eigenvalue weighted by atomic mass is 16.3. The molecule has 0 saturated carbocycles. The molecule has 94 valence electrons. The van der Waals surface area contributed by atoms with Crippen molar-refractivity contribution in [2.75, 3.05) is 0 Å². The zero-order valence-electron chi connectivity index (χ0n) is 10.7. The largest absolute Gasteiger partial charge is 0.392 e. The molecule has 0 saturated heterocycles. The number of hydrogen-bond donors (Lipinski definition) is 1. The summed E-state index contributed by atoms with van der Waals surface area (Å²) in [7, 11) is 0. The standard InChI is InChI=1S/C14H17N3O/c1-10(2)14-12(9-18)8-16-13(17-14)7-11-3-5-15-6-4-11/h3-6,8,10,18H,7,9H2,1-2H3. The minimum atomic E-state index is -0.0109. The lowest BCUT2D eigenvalue weighted by Gasteiger charge is -2.11. The normalized spacial score (nSPS) is 10.9. The molecule has 0 bridgehead atoms. The van der Waals surface area contributed by atoms with Crippen molar-refractivity contribution >= 4 is 0 Å². The van der Waals surface area contributed by atoms with Crippen molar-refractivity contribution in [2.45, 2.75) is 32.8 Å². The van der Waals surface area contributed by atoms with Crippen LogP contribution in [0.15, 0.2) is 30.7 Å². The van der Waals surface area contributed by atoms with E-state index in [1.54, 1.807) is 18.6 Å². The van der Waals surface area contributed by atoms with Gasteiger partial charge in [0.2, 0.25) is 0 Å². The summed E-state index contributed by atoms with van der Waals surface area (Å²) in [6.45, 7) is 4.12. The average molecular weight is 243 g/mol. The van der Waals surface area contributed by atoms with Crippen LogP contribution in [0.5, 0.6) is 0 Å². The third-order valence-electron chi connectivity index (χ3n) is 2.78. The van der Waals surface area contributed by atoms with Crippen LogP contribution in [0.2, 0.25) is 0 Å². The molecule has 0 radical (unpaired) electrons. The van der Waals surface area contributed by atoms with Crippen LogP contribution in [0.3, 0.4) is 0 Å². The first-order valence-corrected chi connectivity index (χ1v) is 6.05. The molecule has 0 unspecified atom stereocenters. The quantitative estimate of drug-likeness (QED) is 0.893. The fourth-order valence-electron chi connectivity index (χ4n) is 1.85. The van der Waals surface area contributed by atoms with E-state index in [-0.39, 0.29) is 12.5 Å². The van der Waals surface area contributed by atoms with E-state index >= 15 is 0 Å². The highest BCUT2D eigenvalue weighted by Gasteiger charge is 2.10. The van der Waals surface area contributed by atoms with Gasteiger partial charge in [-0.15, -0.1) is 0 Å². The first-order chi connectivity index (χ1) is 8.70. The molecule has 0 aliphatic carbocycles. The molecule has 1 N–H and O–H groups in total. The van der Waals surface area contributed by atoms with Crippen LogP contribution in [0, 0.1) is 0 Å². The Morgan fingerprint density at radius 1 is 1.22 bits per heavy atom. The first-order valence-electron chi connectivity index (χ1n) is 6.05. The molecular weight excluding hydrogens is 226 g/mol. The van der Waals surface area contributed by atoms with Crippen LogP contribution in [0.25, 0.3) is 0 Å². The minimum Gasteiger partial charge on any atom is -0.392 e. The van der Waals surface area contributed by atoms with Gasteiger partial charge in [0, 0.05) is 30.6 Å². The Labute approximate surface area is 107 Å². The van der Waals surface area contributed by atoms with Crippen molar-refractivity contribution in [3.63, 3.8) is 0 Å². The molecule has 0 atom stereocenters. The highest BCUT2D eigenvalue weighted by Crippen LogP contribution is 2.17. The summed E-state index contributed by atoms with van der Waals surface area (Å²) in [4.78, 5) is 12.8. The van der Waals surface area contributed by atoms with Crippen molar-refractivity contribution in [3.05, 3.63) is 53.4 Å². The molecule has 0 spiro atoms. The van der Waals surface area contributed by atoms with E-state index in [1.807, 2.05) is 12.1 Å². The van der Waals surface area contributed by atoms with E-state index in [2.05, 4.69) is 28.8 Å². The van der Waals surface area contributed by atoms with E-state index < -0.39 is 0 Å². The molecule has 0 aromatic carbocycles. The smallest absolute Gasteiger partial charge is 0.132 e. The average Bonchev–Trinajstić information content (AvgIpc) is 2.40. The van der Waals surface area contributed by atoms with Crippen LogP contribution in [0.4, 0.5) is 0 Å². The number of nitrogens with zero attached hydrogens (tertiary/aromatic N) is 3. The first kappa shape index (κ1) is 12.6. The molecule has 2 aromatic rings. The van der Waals surface area contributed by atoms with Gasteiger partial charge < -0.3 is 5.11 Å².